The number of aliphatic hydroxyl groups excluding tert-OH is 1. The highest BCUT2D eigenvalue weighted by atomic mass is 16.5. The summed E-state index contributed by atoms with van der Waals surface area (Å²) in [6.45, 7) is 2.23. The quantitative estimate of drug-likeness (QED) is 0.549. The number of benzene rings is 2. The Hall–Kier alpha value is -2.43. The third-order valence-electron chi connectivity index (χ3n) is 4.11. The van der Waals surface area contributed by atoms with Gasteiger partial charge in [0.05, 0.1) is 6.10 Å². The third kappa shape index (κ3) is 5.02. The number of hydrogen-bond donors (Lipinski definition) is 1. The first kappa shape index (κ1) is 18.9. The Morgan fingerprint density at radius 2 is 1.72 bits per heavy atom. The lowest BCUT2D eigenvalue weighted by molar-refractivity contribution is -0.106. The second kappa shape index (κ2) is 9.77. The van der Waals surface area contributed by atoms with Crippen LogP contribution in [0.15, 0.2) is 66.7 Å². The van der Waals surface area contributed by atoms with Gasteiger partial charge in [-0.2, -0.15) is 0 Å². The number of rotatable bonds is 9. The Morgan fingerprint density at radius 3 is 2.28 bits per heavy atom. The van der Waals surface area contributed by atoms with E-state index in [-0.39, 0.29) is 18.6 Å². The first-order valence-corrected chi connectivity index (χ1v) is 8.41. The average molecular weight is 339 g/mol. The first-order valence-electron chi connectivity index (χ1n) is 8.41. The van der Waals surface area contributed by atoms with Crippen molar-refractivity contribution in [3.05, 3.63) is 72.3 Å². The topological polar surface area (TPSA) is 49.8 Å². The number of amides is 1. The molecular weight excluding hydrogens is 314 g/mol. The first-order chi connectivity index (χ1) is 12.2. The van der Waals surface area contributed by atoms with Crippen LogP contribution in [0.25, 0.3) is 0 Å². The highest BCUT2D eigenvalue weighted by Gasteiger charge is 2.17. The van der Waals surface area contributed by atoms with Gasteiger partial charge in [-0.05, 0) is 36.2 Å². The number of hydrogen-bond acceptors (Lipinski definition) is 3. The van der Waals surface area contributed by atoms with E-state index >= 15 is 0 Å². The van der Waals surface area contributed by atoms with Crippen molar-refractivity contribution in [3.63, 3.8) is 0 Å². The van der Waals surface area contributed by atoms with E-state index in [1.807, 2.05) is 60.7 Å². The van der Waals surface area contributed by atoms with E-state index < -0.39 is 0 Å². The smallest absolute Gasteiger partial charge is 0.218 e. The molecule has 0 saturated carbocycles. The van der Waals surface area contributed by atoms with Crippen molar-refractivity contribution in [3.8, 4) is 0 Å². The van der Waals surface area contributed by atoms with Gasteiger partial charge in [-0.3, -0.25) is 9.69 Å². The minimum absolute atomic E-state index is 0.0783. The van der Waals surface area contributed by atoms with Crippen molar-refractivity contribution in [2.45, 2.75) is 19.4 Å². The van der Waals surface area contributed by atoms with Gasteiger partial charge in [-0.25, -0.2) is 0 Å². The zero-order valence-corrected chi connectivity index (χ0v) is 14.7. The van der Waals surface area contributed by atoms with Crippen LogP contribution in [-0.4, -0.2) is 25.2 Å². The molecule has 0 unspecified atom stereocenters. The fourth-order valence-corrected chi connectivity index (χ4v) is 2.82. The minimum Gasteiger partial charge on any atom is -0.396 e. The predicted molar refractivity (Wildman–Crippen MR) is 101 cm³/mol. The molecule has 2 atom stereocenters. The maximum atomic E-state index is 11.5. The second-order valence-corrected chi connectivity index (χ2v) is 5.86. The van der Waals surface area contributed by atoms with E-state index in [4.69, 9.17) is 9.84 Å². The van der Waals surface area contributed by atoms with Gasteiger partial charge in [0.1, 0.15) is 0 Å². The molecule has 1 amide bonds. The fraction of sp³-hybridized carbons (Fsp3) is 0.286. The van der Waals surface area contributed by atoms with E-state index in [9.17, 15) is 4.79 Å². The maximum absolute atomic E-state index is 11.5. The molecule has 0 saturated heterocycles. The van der Waals surface area contributed by atoms with Crippen molar-refractivity contribution in [1.29, 1.82) is 0 Å². The second-order valence-electron chi connectivity index (χ2n) is 5.86. The molecule has 2 aromatic rings. The summed E-state index contributed by atoms with van der Waals surface area (Å²) in [6, 6.07) is 17.3. The van der Waals surface area contributed by atoms with Crippen molar-refractivity contribution in [1.82, 2.24) is 0 Å². The van der Waals surface area contributed by atoms with Gasteiger partial charge in [0.25, 0.3) is 0 Å². The fourth-order valence-electron chi connectivity index (χ4n) is 2.82. The van der Waals surface area contributed by atoms with E-state index in [1.165, 1.54) is 0 Å². The lowest BCUT2D eigenvalue weighted by Crippen LogP contribution is -2.14. The third-order valence-corrected chi connectivity index (χ3v) is 4.11. The molecule has 0 aliphatic carbocycles. The largest absolute Gasteiger partial charge is 0.396 e. The van der Waals surface area contributed by atoms with Crippen molar-refractivity contribution < 1.29 is 14.6 Å². The van der Waals surface area contributed by atoms with Gasteiger partial charge in [-0.15, -0.1) is 0 Å². The molecule has 132 valence electrons. The summed E-state index contributed by atoms with van der Waals surface area (Å²) in [4.78, 5) is 13.1. The molecule has 0 heterocycles. The van der Waals surface area contributed by atoms with E-state index in [0.29, 0.717) is 6.42 Å². The molecule has 25 heavy (non-hydrogen) atoms. The summed E-state index contributed by atoms with van der Waals surface area (Å²) in [7, 11) is 1.69. The van der Waals surface area contributed by atoms with Crippen LogP contribution < -0.4 is 4.90 Å². The summed E-state index contributed by atoms with van der Waals surface area (Å²) in [5.74, 6) is 0.179. The standard InChI is InChI=1S/C21H25NO3/c1-17(8-6-7-15-23)21(25-2)18-11-13-20(14-12-18)22(16-24)19-9-4-3-5-10-19/h3-6,8-14,16-17,21,23H,7,15H2,1-2H3/b8-6+/t17-,21+/m0/s1. The molecule has 2 aromatic carbocycles. The van der Waals surface area contributed by atoms with Crippen molar-refractivity contribution in [2.75, 3.05) is 18.6 Å². The Morgan fingerprint density at radius 1 is 1.08 bits per heavy atom. The molecule has 4 heteroatoms. The monoisotopic (exact) mass is 339 g/mol. The summed E-state index contributed by atoms with van der Waals surface area (Å²) in [5.41, 5.74) is 2.68. The lowest BCUT2D eigenvalue weighted by atomic mass is 9.96. The molecule has 0 aliphatic rings. The van der Waals surface area contributed by atoms with Gasteiger partial charge in [0.15, 0.2) is 0 Å². The Balaban J connectivity index is 2.18. The highest BCUT2D eigenvalue weighted by Crippen LogP contribution is 2.30. The van der Waals surface area contributed by atoms with Gasteiger partial charge in [-0.1, -0.05) is 49.4 Å². The molecule has 0 bridgehead atoms. The molecular formula is C21H25NO3. The SMILES string of the molecule is CO[C@@H](c1ccc(N(C=O)c2ccccc2)cc1)[C@@H](C)/C=C/CCO. The van der Waals surface area contributed by atoms with E-state index in [1.54, 1.807) is 12.0 Å². The normalized spacial score (nSPS) is 13.6. The Bertz CT molecular complexity index is 667. The highest BCUT2D eigenvalue weighted by molar-refractivity contribution is 5.86. The average Bonchev–Trinajstić information content (AvgIpc) is 2.65. The number of carbonyl (C=O) groups is 1. The number of ether oxygens (including phenoxy) is 1. The van der Waals surface area contributed by atoms with Crippen LogP contribution in [0.4, 0.5) is 11.4 Å². The van der Waals surface area contributed by atoms with Crippen LogP contribution in [0.3, 0.4) is 0 Å². The number of para-hydroxylation sites is 1. The summed E-state index contributed by atoms with van der Waals surface area (Å²) < 4.78 is 5.64. The predicted octanol–water partition coefficient (Wildman–Crippen LogP) is 4.24. The molecule has 0 aromatic heterocycles. The van der Waals surface area contributed by atoms with Gasteiger partial charge in [0.2, 0.25) is 6.41 Å². The van der Waals surface area contributed by atoms with E-state index in [2.05, 4.69) is 13.0 Å². The lowest BCUT2D eigenvalue weighted by Gasteiger charge is -2.22. The van der Waals surface area contributed by atoms with Crippen molar-refractivity contribution >= 4 is 17.8 Å². The Kier molecular flexibility index (Phi) is 7.38. The zero-order chi connectivity index (χ0) is 18.1. The summed E-state index contributed by atoms with van der Waals surface area (Å²) >= 11 is 0. The van der Waals surface area contributed by atoms with E-state index in [0.717, 1.165) is 23.3 Å². The van der Waals surface area contributed by atoms with Crippen LogP contribution in [0, 0.1) is 5.92 Å². The number of anilines is 2. The molecule has 4 nitrogen and oxygen atoms in total. The van der Waals surface area contributed by atoms with Crippen LogP contribution in [0.5, 0.6) is 0 Å². The van der Waals surface area contributed by atoms with Crippen LogP contribution in [0.2, 0.25) is 0 Å². The molecule has 0 spiro atoms. The molecule has 0 fully saturated rings. The number of nitrogens with zero attached hydrogens (tertiary/aromatic N) is 1. The molecule has 2 rings (SSSR count). The van der Waals surface area contributed by atoms with Crippen LogP contribution in [0.1, 0.15) is 25.0 Å². The minimum atomic E-state index is -0.0783. The van der Waals surface area contributed by atoms with Crippen molar-refractivity contribution in [2.24, 2.45) is 5.92 Å². The maximum Gasteiger partial charge on any atom is 0.218 e. The zero-order valence-electron chi connectivity index (χ0n) is 14.7. The molecule has 1 N–H and O–H groups in total. The number of carbonyl (C=O) groups excluding carboxylic acids is 1. The van der Waals surface area contributed by atoms with Crippen LogP contribution in [-0.2, 0) is 9.53 Å². The molecule has 0 radical (unpaired) electrons. The Labute approximate surface area is 149 Å². The number of aliphatic hydroxyl groups is 1. The van der Waals surface area contributed by atoms with Gasteiger partial charge in [0, 0.05) is 31.0 Å². The molecule has 0 aliphatic heterocycles. The summed E-state index contributed by atoms with van der Waals surface area (Å²) in [6.07, 6.45) is 5.41. The summed E-state index contributed by atoms with van der Waals surface area (Å²) in [5, 5.41) is 8.88. The van der Waals surface area contributed by atoms with Crippen LogP contribution >= 0.6 is 0 Å². The number of methoxy groups -OCH3 is 1. The van der Waals surface area contributed by atoms with Gasteiger partial charge < -0.3 is 9.84 Å². The van der Waals surface area contributed by atoms with Gasteiger partial charge >= 0.3 is 0 Å².